The Labute approximate surface area is 131 Å². The number of phenols is 1. The number of thioether (sulfide) groups is 1. The van der Waals surface area contributed by atoms with Gasteiger partial charge in [-0.3, -0.25) is 4.79 Å². The van der Waals surface area contributed by atoms with Crippen molar-refractivity contribution < 1.29 is 9.90 Å². The van der Waals surface area contributed by atoms with Crippen molar-refractivity contribution in [2.24, 2.45) is 4.99 Å². The standard InChI is InChI=1S/C16H10ClNO2S/c17-12-8-10(6-7-13(12)19)9-14-15(20)18-16(21-14)11-4-2-1-3-5-11/h1-9,19H/b14-9-. The Bertz CT molecular complexity index is 769. The fraction of sp³-hybridized carbons (Fsp3) is 0. The van der Waals surface area contributed by atoms with Gasteiger partial charge in [0, 0.05) is 5.56 Å². The van der Waals surface area contributed by atoms with Crippen LogP contribution in [0.4, 0.5) is 0 Å². The van der Waals surface area contributed by atoms with Gasteiger partial charge in [0.05, 0.1) is 9.93 Å². The number of nitrogens with zero attached hydrogens (tertiary/aromatic N) is 1. The minimum absolute atomic E-state index is 0.0189. The van der Waals surface area contributed by atoms with Gasteiger partial charge in [0.1, 0.15) is 10.8 Å². The average molecular weight is 316 g/mol. The van der Waals surface area contributed by atoms with Gasteiger partial charge in [-0.15, -0.1) is 0 Å². The van der Waals surface area contributed by atoms with Crippen LogP contribution in [0.15, 0.2) is 58.4 Å². The second kappa shape index (κ2) is 5.76. The van der Waals surface area contributed by atoms with E-state index in [4.69, 9.17) is 11.6 Å². The summed E-state index contributed by atoms with van der Waals surface area (Å²) in [6.07, 6.45) is 1.72. The number of phenolic OH excluding ortho intramolecular Hbond substituents is 1. The maximum atomic E-state index is 12.0. The lowest BCUT2D eigenvalue weighted by molar-refractivity contribution is -0.113. The molecule has 1 heterocycles. The van der Waals surface area contributed by atoms with E-state index in [1.807, 2.05) is 30.3 Å². The molecule has 0 saturated carbocycles. The number of aliphatic imine (C=N–C) groups is 1. The third kappa shape index (κ3) is 3.01. The molecule has 0 aromatic heterocycles. The minimum Gasteiger partial charge on any atom is -0.506 e. The van der Waals surface area contributed by atoms with Crippen LogP contribution in [-0.4, -0.2) is 16.1 Å². The highest BCUT2D eigenvalue weighted by atomic mass is 35.5. The van der Waals surface area contributed by atoms with Crippen LogP contribution in [0, 0.1) is 0 Å². The van der Waals surface area contributed by atoms with Crippen molar-refractivity contribution in [1.29, 1.82) is 0 Å². The summed E-state index contributed by atoms with van der Waals surface area (Å²) in [5, 5.41) is 10.3. The lowest BCUT2D eigenvalue weighted by Crippen LogP contribution is -1.89. The van der Waals surface area contributed by atoms with Crippen LogP contribution in [0.2, 0.25) is 5.02 Å². The summed E-state index contributed by atoms with van der Waals surface area (Å²) in [5.41, 5.74) is 1.67. The topological polar surface area (TPSA) is 49.7 Å². The fourth-order valence-corrected chi connectivity index (χ4v) is 2.99. The molecule has 3 rings (SSSR count). The van der Waals surface area contributed by atoms with Gasteiger partial charge in [-0.25, -0.2) is 4.99 Å². The molecule has 5 heteroatoms. The Kier molecular flexibility index (Phi) is 3.82. The quantitative estimate of drug-likeness (QED) is 0.849. The second-order valence-electron chi connectivity index (χ2n) is 4.41. The zero-order valence-electron chi connectivity index (χ0n) is 10.8. The molecule has 1 N–H and O–H groups in total. The Morgan fingerprint density at radius 1 is 1.14 bits per heavy atom. The van der Waals surface area contributed by atoms with Gasteiger partial charge in [-0.2, -0.15) is 0 Å². The number of aromatic hydroxyl groups is 1. The molecule has 2 aromatic carbocycles. The lowest BCUT2D eigenvalue weighted by Gasteiger charge is -2.00. The Balaban J connectivity index is 1.87. The molecule has 21 heavy (non-hydrogen) atoms. The Morgan fingerprint density at radius 2 is 1.90 bits per heavy atom. The zero-order chi connectivity index (χ0) is 14.8. The van der Waals surface area contributed by atoms with Crippen LogP contribution in [0.25, 0.3) is 6.08 Å². The van der Waals surface area contributed by atoms with Crippen molar-refractivity contribution in [1.82, 2.24) is 0 Å². The molecule has 0 atom stereocenters. The first-order valence-electron chi connectivity index (χ1n) is 6.20. The summed E-state index contributed by atoms with van der Waals surface area (Å²) < 4.78 is 0. The van der Waals surface area contributed by atoms with E-state index < -0.39 is 0 Å². The van der Waals surface area contributed by atoms with E-state index in [-0.39, 0.29) is 16.7 Å². The summed E-state index contributed by atoms with van der Waals surface area (Å²) in [6, 6.07) is 14.4. The summed E-state index contributed by atoms with van der Waals surface area (Å²) in [5.74, 6) is -0.242. The third-order valence-corrected chi connectivity index (χ3v) is 4.25. The minimum atomic E-state index is -0.261. The first-order valence-corrected chi connectivity index (χ1v) is 7.39. The van der Waals surface area contributed by atoms with Crippen LogP contribution in [-0.2, 0) is 4.79 Å². The monoisotopic (exact) mass is 315 g/mol. The largest absolute Gasteiger partial charge is 0.506 e. The SMILES string of the molecule is O=C1N=C(c2ccccc2)S/C1=C\c1ccc(O)c(Cl)c1. The molecule has 0 aliphatic carbocycles. The molecular formula is C16H10ClNO2S. The highest BCUT2D eigenvalue weighted by Crippen LogP contribution is 2.33. The van der Waals surface area contributed by atoms with Gasteiger partial charge in [0.25, 0.3) is 5.91 Å². The number of hydrogen-bond donors (Lipinski definition) is 1. The predicted molar refractivity (Wildman–Crippen MR) is 86.7 cm³/mol. The normalized spacial score (nSPS) is 16.3. The van der Waals surface area contributed by atoms with Crippen LogP contribution in [0.1, 0.15) is 11.1 Å². The first kappa shape index (κ1) is 13.9. The predicted octanol–water partition coefficient (Wildman–Crippen LogP) is 4.11. The molecule has 1 aliphatic heterocycles. The summed E-state index contributed by atoms with van der Waals surface area (Å²) >= 11 is 7.19. The van der Waals surface area contributed by atoms with Crippen LogP contribution in [0.3, 0.4) is 0 Å². The second-order valence-corrected chi connectivity index (χ2v) is 5.85. The van der Waals surface area contributed by atoms with E-state index in [1.54, 1.807) is 18.2 Å². The molecule has 104 valence electrons. The summed E-state index contributed by atoms with van der Waals surface area (Å²) in [4.78, 5) is 16.6. The lowest BCUT2D eigenvalue weighted by atomic mass is 10.2. The molecule has 3 nitrogen and oxygen atoms in total. The van der Waals surface area contributed by atoms with Crippen molar-refractivity contribution >= 4 is 40.4 Å². The van der Waals surface area contributed by atoms with E-state index in [1.165, 1.54) is 17.8 Å². The van der Waals surface area contributed by atoms with E-state index in [0.717, 1.165) is 11.1 Å². The molecule has 0 bridgehead atoms. The van der Waals surface area contributed by atoms with Gasteiger partial charge in [0.15, 0.2) is 0 Å². The smallest absolute Gasteiger partial charge is 0.284 e. The van der Waals surface area contributed by atoms with Crippen LogP contribution < -0.4 is 0 Å². The Hall–Kier alpha value is -2.04. The van der Waals surface area contributed by atoms with E-state index in [0.29, 0.717) is 9.95 Å². The van der Waals surface area contributed by atoms with Crippen LogP contribution >= 0.6 is 23.4 Å². The number of halogens is 1. The van der Waals surface area contributed by atoms with Gasteiger partial charge in [-0.05, 0) is 23.8 Å². The maximum Gasteiger partial charge on any atom is 0.284 e. The number of hydrogen-bond acceptors (Lipinski definition) is 3. The number of benzene rings is 2. The van der Waals surface area contributed by atoms with Crippen LogP contribution in [0.5, 0.6) is 5.75 Å². The zero-order valence-corrected chi connectivity index (χ0v) is 12.4. The molecule has 2 aromatic rings. The van der Waals surface area contributed by atoms with E-state index in [2.05, 4.69) is 4.99 Å². The van der Waals surface area contributed by atoms with Crippen molar-refractivity contribution in [3.8, 4) is 5.75 Å². The Morgan fingerprint density at radius 3 is 2.62 bits per heavy atom. The molecule has 1 aliphatic rings. The van der Waals surface area contributed by atoms with Gasteiger partial charge < -0.3 is 5.11 Å². The molecule has 1 amide bonds. The average Bonchev–Trinajstić information content (AvgIpc) is 2.85. The van der Waals surface area contributed by atoms with Gasteiger partial charge >= 0.3 is 0 Å². The number of rotatable bonds is 2. The van der Waals surface area contributed by atoms with Crippen molar-refractivity contribution in [2.75, 3.05) is 0 Å². The maximum absolute atomic E-state index is 12.0. The molecule has 0 spiro atoms. The van der Waals surface area contributed by atoms with Gasteiger partial charge in [-0.1, -0.05) is 59.8 Å². The van der Waals surface area contributed by atoms with E-state index in [9.17, 15) is 9.90 Å². The highest BCUT2D eigenvalue weighted by molar-refractivity contribution is 8.19. The fourth-order valence-electron chi connectivity index (χ4n) is 1.88. The molecular weight excluding hydrogens is 306 g/mol. The number of carbonyl (C=O) groups excluding carboxylic acids is 1. The molecule has 0 fully saturated rings. The molecule has 0 saturated heterocycles. The number of amides is 1. The summed E-state index contributed by atoms with van der Waals surface area (Å²) in [6.45, 7) is 0. The molecule has 0 radical (unpaired) electrons. The molecule has 0 unspecified atom stereocenters. The first-order chi connectivity index (χ1) is 10.1. The van der Waals surface area contributed by atoms with Crippen molar-refractivity contribution in [3.05, 3.63) is 69.6 Å². The van der Waals surface area contributed by atoms with Gasteiger partial charge in [0.2, 0.25) is 0 Å². The van der Waals surface area contributed by atoms with Crippen molar-refractivity contribution in [2.45, 2.75) is 0 Å². The van der Waals surface area contributed by atoms with E-state index >= 15 is 0 Å². The number of carbonyl (C=O) groups is 1. The third-order valence-electron chi connectivity index (χ3n) is 2.91. The summed E-state index contributed by atoms with van der Waals surface area (Å²) in [7, 11) is 0. The highest BCUT2D eigenvalue weighted by Gasteiger charge is 2.22. The van der Waals surface area contributed by atoms with Crippen molar-refractivity contribution in [3.63, 3.8) is 0 Å².